The lowest BCUT2D eigenvalue weighted by Crippen LogP contribution is -2.67. The molecule has 2 aliphatic carbocycles. The number of ether oxygens (including phenoxy) is 4. The van der Waals surface area contributed by atoms with Gasteiger partial charge in [-0.15, -0.1) is 0 Å². The lowest BCUT2D eigenvalue weighted by atomic mass is 9.68. The summed E-state index contributed by atoms with van der Waals surface area (Å²) < 4.78 is 25.2. The Bertz CT molecular complexity index is 1700. The molecule has 4 aliphatic rings. The van der Waals surface area contributed by atoms with Gasteiger partial charge in [-0.25, -0.2) is 4.79 Å². The van der Waals surface area contributed by atoms with E-state index < -0.39 is 110 Å². The van der Waals surface area contributed by atoms with Crippen molar-refractivity contribution in [1.29, 1.82) is 0 Å². The SMILES string of the molecule is CC[C@@H]1CC(C(=O)NCc2ccc(CNC(=O)CCC(=O)O)cc2)CC(O[C@@H]2O[C@@H](CO)C(O)C(O[C@@H](CC3CCCCC3)C(=O)O)C2NC(C)=O)C1CC1OC(C)C(O)C(O)C1O. The Labute approximate surface area is 373 Å². The Morgan fingerprint density at radius 3 is 2.08 bits per heavy atom. The van der Waals surface area contributed by atoms with Gasteiger partial charge in [0, 0.05) is 32.4 Å². The van der Waals surface area contributed by atoms with E-state index in [0.717, 1.165) is 43.2 Å². The van der Waals surface area contributed by atoms with Gasteiger partial charge in [0.2, 0.25) is 17.7 Å². The molecule has 10 N–H and O–H groups in total. The first-order chi connectivity index (χ1) is 30.5. The number of nitrogens with one attached hydrogen (secondary N) is 3. The van der Waals surface area contributed by atoms with Crippen LogP contribution >= 0.6 is 0 Å². The van der Waals surface area contributed by atoms with Gasteiger partial charge in [-0.2, -0.15) is 0 Å². The van der Waals surface area contributed by atoms with Crippen LogP contribution in [0.2, 0.25) is 0 Å². The first kappa shape index (κ1) is 51.2. The van der Waals surface area contributed by atoms with E-state index in [1.165, 1.54) is 6.92 Å². The fourth-order valence-electron chi connectivity index (χ4n) is 9.83. The minimum atomic E-state index is -1.57. The van der Waals surface area contributed by atoms with E-state index in [4.69, 9.17) is 24.1 Å². The number of amides is 3. The molecule has 1 aromatic rings. The first-order valence-electron chi connectivity index (χ1n) is 22.8. The van der Waals surface area contributed by atoms with Gasteiger partial charge in [-0.05, 0) is 61.5 Å². The van der Waals surface area contributed by atoms with Crippen molar-refractivity contribution in [3.63, 3.8) is 0 Å². The second-order valence-corrected chi connectivity index (χ2v) is 18.1. The highest BCUT2D eigenvalue weighted by Crippen LogP contribution is 2.43. The standard InChI is InChI=1S/C45H69N3O16/c1-4-28-17-29(43(58)47-21-27-12-10-26(11-13-27)20-46-35(51)14-15-36(52)53)18-31(30(28)19-32-39(55)41(57)38(54)23(2)61-32)63-45-37(48-24(3)50)42(40(56)34(22-49)64-45)62-33(44(59)60)16-25-8-6-5-7-9-25/h10-13,23,25,28-34,37-42,45,49,54-57H,4-9,14-22H2,1-3H3,(H,46,51)(H,47,58)(H,48,50)(H,52,53)(H,59,60)/t23?,28-,29?,30?,31?,32?,33+,34+,37?,38?,39?,40?,41?,42?,45-/m1/s1. The fraction of sp³-hybridized carbons (Fsp3) is 0.756. The summed E-state index contributed by atoms with van der Waals surface area (Å²) >= 11 is 0. The van der Waals surface area contributed by atoms with Crippen LogP contribution in [0.5, 0.6) is 0 Å². The summed E-state index contributed by atoms with van der Waals surface area (Å²) in [5.41, 5.74) is 1.55. The van der Waals surface area contributed by atoms with Crippen molar-refractivity contribution >= 4 is 29.7 Å². The van der Waals surface area contributed by atoms with Gasteiger partial charge in [-0.3, -0.25) is 19.2 Å². The van der Waals surface area contributed by atoms with E-state index in [9.17, 15) is 54.6 Å². The molecular weight excluding hydrogens is 838 g/mol. The second-order valence-electron chi connectivity index (χ2n) is 18.1. The lowest BCUT2D eigenvalue weighted by molar-refractivity contribution is -0.302. The lowest BCUT2D eigenvalue weighted by Gasteiger charge is -2.49. The molecular formula is C45H69N3O16. The molecule has 19 heteroatoms. The van der Waals surface area contributed by atoms with Crippen molar-refractivity contribution in [3.8, 4) is 0 Å². The number of hydrogen-bond donors (Lipinski definition) is 10. The normalized spacial score (nSPS) is 34.0. The zero-order valence-corrected chi connectivity index (χ0v) is 37.0. The number of hydrogen-bond acceptors (Lipinski definition) is 14. The molecule has 0 aromatic heterocycles. The highest BCUT2D eigenvalue weighted by molar-refractivity contribution is 5.80. The molecule has 3 amide bonds. The van der Waals surface area contributed by atoms with E-state index in [-0.39, 0.29) is 68.8 Å². The van der Waals surface area contributed by atoms with Crippen molar-refractivity contribution < 1.29 is 78.7 Å². The maximum atomic E-state index is 14.0. The third kappa shape index (κ3) is 13.9. The van der Waals surface area contributed by atoms with Gasteiger partial charge in [0.1, 0.15) is 42.7 Å². The smallest absolute Gasteiger partial charge is 0.332 e. The fourth-order valence-corrected chi connectivity index (χ4v) is 9.83. The van der Waals surface area contributed by atoms with Crippen LogP contribution in [0.3, 0.4) is 0 Å². The average molecular weight is 908 g/mol. The van der Waals surface area contributed by atoms with Crippen LogP contribution in [0.25, 0.3) is 0 Å². The van der Waals surface area contributed by atoms with Crippen LogP contribution in [0, 0.1) is 23.7 Å². The van der Waals surface area contributed by atoms with Gasteiger partial charge < -0.3 is 70.6 Å². The molecule has 19 nitrogen and oxygen atoms in total. The third-order valence-corrected chi connectivity index (χ3v) is 13.5. The highest BCUT2D eigenvalue weighted by atomic mass is 16.7. The Hall–Kier alpha value is -3.79. The predicted molar refractivity (Wildman–Crippen MR) is 226 cm³/mol. The number of aliphatic hydroxyl groups is 5. The van der Waals surface area contributed by atoms with Crippen LogP contribution < -0.4 is 16.0 Å². The molecule has 2 aliphatic heterocycles. The van der Waals surface area contributed by atoms with Gasteiger partial charge in [0.25, 0.3) is 0 Å². The largest absolute Gasteiger partial charge is 0.481 e. The van der Waals surface area contributed by atoms with E-state index in [0.29, 0.717) is 12.8 Å². The molecule has 11 unspecified atom stereocenters. The highest BCUT2D eigenvalue weighted by Gasteiger charge is 2.52. The molecule has 5 rings (SSSR count). The van der Waals surface area contributed by atoms with E-state index >= 15 is 0 Å². The summed E-state index contributed by atoms with van der Waals surface area (Å²) in [4.78, 5) is 62.2. The maximum Gasteiger partial charge on any atom is 0.332 e. The third-order valence-electron chi connectivity index (χ3n) is 13.5. The minimum Gasteiger partial charge on any atom is -0.481 e. The number of aliphatic hydroxyl groups excluding tert-OH is 5. The molecule has 2 heterocycles. The molecule has 2 saturated heterocycles. The molecule has 64 heavy (non-hydrogen) atoms. The van der Waals surface area contributed by atoms with Crippen LogP contribution in [0.1, 0.15) is 109 Å². The summed E-state index contributed by atoms with van der Waals surface area (Å²) in [5.74, 6) is -4.73. The Balaban J connectivity index is 1.37. The monoisotopic (exact) mass is 907 g/mol. The number of aliphatic carboxylic acids is 2. The summed E-state index contributed by atoms with van der Waals surface area (Å²) in [6.07, 6.45) is -8.29. The van der Waals surface area contributed by atoms with E-state index in [2.05, 4.69) is 16.0 Å². The number of rotatable bonds is 20. The Kier molecular flexibility index (Phi) is 19.3. The molecule has 0 bridgehead atoms. The second kappa shape index (κ2) is 24.1. The summed E-state index contributed by atoms with van der Waals surface area (Å²) in [5, 5.41) is 81.7. The molecule has 1 aromatic carbocycles. The summed E-state index contributed by atoms with van der Waals surface area (Å²) in [6, 6.07) is 5.91. The molecule has 15 atom stereocenters. The average Bonchev–Trinajstić information content (AvgIpc) is 3.27. The molecule has 2 saturated carbocycles. The van der Waals surface area contributed by atoms with Crippen molar-refractivity contribution in [2.45, 2.75) is 184 Å². The number of carbonyl (C=O) groups is 5. The Morgan fingerprint density at radius 1 is 0.828 bits per heavy atom. The number of benzene rings is 1. The summed E-state index contributed by atoms with van der Waals surface area (Å²) in [7, 11) is 0. The zero-order chi connectivity index (χ0) is 46.7. The quantitative estimate of drug-likeness (QED) is 0.0869. The number of carboxylic acid groups (broad SMARTS) is 2. The van der Waals surface area contributed by atoms with Crippen molar-refractivity contribution in [2.75, 3.05) is 6.61 Å². The Morgan fingerprint density at radius 2 is 1.48 bits per heavy atom. The van der Waals surface area contributed by atoms with E-state index in [1.807, 2.05) is 6.92 Å². The van der Waals surface area contributed by atoms with Crippen molar-refractivity contribution in [2.24, 2.45) is 23.7 Å². The van der Waals surface area contributed by atoms with Crippen LogP contribution in [0.4, 0.5) is 0 Å². The number of carbonyl (C=O) groups excluding carboxylic acids is 3. The first-order valence-corrected chi connectivity index (χ1v) is 22.8. The van der Waals surface area contributed by atoms with Gasteiger partial charge in [0.05, 0.1) is 31.3 Å². The maximum absolute atomic E-state index is 14.0. The topological polar surface area (TPSA) is 300 Å². The molecule has 0 radical (unpaired) electrons. The molecule has 360 valence electrons. The summed E-state index contributed by atoms with van der Waals surface area (Å²) in [6.45, 7) is 4.45. The van der Waals surface area contributed by atoms with Gasteiger partial charge in [-0.1, -0.05) is 69.7 Å². The van der Waals surface area contributed by atoms with Gasteiger partial charge >= 0.3 is 11.9 Å². The molecule has 0 spiro atoms. The minimum absolute atomic E-state index is 0.0835. The van der Waals surface area contributed by atoms with Crippen molar-refractivity contribution in [3.05, 3.63) is 35.4 Å². The van der Waals surface area contributed by atoms with Crippen LogP contribution in [0.15, 0.2) is 24.3 Å². The van der Waals surface area contributed by atoms with Crippen LogP contribution in [-0.4, -0.2) is 145 Å². The molecule has 4 fully saturated rings. The predicted octanol–water partition coefficient (Wildman–Crippen LogP) is 0.873. The van der Waals surface area contributed by atoms with Gasteiger partial charge in [0.15, 0.2) is 12.4 Å². The number of carboxylic acids is 2. The zero-order valence-electron chi connectivity index (χ0n) is 37.0. The van der Waals surface area contributed by atoms with Crippen LogP contribution in [-0.2, 0) is 56.0 Å². The van der Waals surface area contributed by atoms with E-state index in [1.54, 1.807) is 31.2 Å². The van der Waals surface area contributed by atoms with Crippen molar-refractivity contribution in [1.82, 2.24) is 16.0 Å².